The number of nitrogens with one attached hydrogen (secondary N) is 1. The molecule has 0 aliphatic carbocycles. The molecule has 0 radical (unpaired) electrons. The van der Waals surface area contributed by atoms with Gasteiger partial charge in [0.05, 0.1) is 29.0 Å². The van der Waals surface area contributed by atoms with Crippen molar-refractivity contribution in [2.45, 2.75) is 20.8 Å². The van der Waals surface area contributed by atoms with E-state index in [2.05, 4.69) is 42.2 Å². The van der Waals surface area contributed by atoms with Crippen LogP contribution in [0.15, 0.2) is 42.7 Å². The van der Waals surface area contributed by atoms with Gasteiger partial charge in [0.2, 0.25) is 0 Å². The Hall–Kier alpha value is -2.87. The normalized spacial score (nSPS) is 11.4. The van der Waals surface area contributed by atoms with Crippen LogP contribution >= 0.6 is 0 Å². The van der Waals surface area contributed by atoms with Gasteiger partial charge in [-0.05, 0) is 29.7 Å². The van der Waals surface area contributed by atoms with Crippen LogP contribution in [0, 0.1) is 16.7 Å². The van der Waals surface area contributed by atoms with E-state index in [1.165, 1.54) is 0 Å². The van der Waals surface area contributed by atoms with Gasteiger partial charge in [0.15, 0.2) is 0 Å². The maximum Gasteiger partial charge on any atom is 0.126 e. The molecule has 0 saturated carbocycles. The Bertz CT molecular complexity index is 880. The van der Waals surface area contributed by atoms with Crippen molar-refractivity contribution in [3.63, 3.8) is 0 Å². The topological polar surface area (TPSA) is 66.0 Å². The smallest absolute Gasteiger partial charge is 0.126 e. The van der Waals surface area contributed by atoms with Crippen LogP contribution in [0.25, 0.3) is 16.8 Å². The molecule has 1 N–H and O–H groups in total. The summed E-state index contributed by atoms with van der Waals surface area (Å²) in [5.74, 6) is 0.841. The van der Waals surface area contributed by atoms with Gasteiger partial charge in [-0.15, -0.1) is 0 Å². The predicted molar refractivity (Wildman–Crippen MR) is 91.1 cm³/mol. The average Bonchev–Trinajstić information content (AvgIpc) is 2.95. The highest BCUT2D eigenvalue weighted by atomic mass is 15.2. The van der Waals surface area contributed by atoms with Crippen molar-refractivity contribution in [2.75, 3.05) is 11.9 Å². The number of aromatic nitrogens is 3. The van der Waals surface area contributed by atoms with Crippen LogP contribution in [-0.4, -0.2) is 21.1 Å². The first kappa shape index (κ1) is 15.0. The Morgan fingerprint density at radius 1 is 1.26 bits per heavy atom. The lowest BCUT2D eigenvalue weighted by Crippen LogP contribution is -2.19. The van der Waals surface area contributed by atoms with Crippen LogP contribution in [0.1, 0.15) is 26.3 Å². The molecule has 0 unspecified atom stereocenters. The highest BCUT2D eigenvalue weighted by molar-refractivity contribution is 5.79. The van der Waals surface area contributed by atoms with Crippen molar-refractivity contribution in [3.05, 3.63) is 48.3 Å². The fraction of sp³-hybridized carbons (Fsp3) is 0.278. The summed E-state index contributed by atoms with van der Waals surface area (Å²) in [6.45, 7) is 7.38. The summed E-state index contributed by atoms with van der Waals surface area (Å²) < 4.78 is 1.76. The van der Waals surface area contributed by atoms with Crippen molar-refractivity contribution >= 4 is 11.3 Å². The van der Waals surface area contributed by atoms with E-state index in [1.807, 2.05) is 24.3 Å². The highest BCUT2D eigenvalue weighted by Gasteiger charge is 2.12. The van der Waals surface area contributed by atoms with Gasteiger partial charge in [0.1, 0.15) is 5.82 Å². The van der Waals surface area contributed by atoms with Crippen molar-refractivity contribution in [3.8, 4) is 17.3 Å². The second-order valence-electron chi connectivity index (χ2n) is 6.74. The number of hydrogen-bond donors (Lipinski definition) is 1. The number of nitrogens with zero attached hydrogens (tertiary/aromatic N) is 4. The number of nitriles is 1. The van der Waals surface area contributed by atoms with Crippen LogP contribution in [-0.2, 0) is 0 Å². The lowest BCUT2D eigenvalue weighted by Gasteiger charge is -2.19. The second kappa shape index (κ2) is 5.73. The molecule has 0 fully saturated rings. The number of anilines is 1. The van der Waals surface area contributed by atoms with Gasteiger partial charge < -0.3 is 5.32 Å². The molecule has 0 amide bonds. The summed E-state index contributed by atoms with van der Waals surface area (Å²) in [5, 5.41) is 16.8. The number of hydrogen-bond acceptors (Lipinski definition) is 4. The maximum absolute atomic E-state index is 9.08. The lowest BCUT2D eigenvalue weighted by molar-refractivity contribution is 0.442. The Labute approximate surface area is 135 Å². The molecular weight excluding hydrogens is 286 g/mol. The zero-order valence-corrected chi connectivity index (χ0v) is 13.5. The monoisotopic (exact) mass is 305 g/mol. The van der Waals surface area contributed by atoms with Gasteiger partial charge in [-0.2, -0.15) is 10.4 Å². The highest BCUT2D eigenvalue weighted by Crippen LogP contribution is 2.25. The molecule has 23 heavy (non-hydrogen) atoms. The summed E-state index contributed by atoms with van der Waals surface area (Å²) in [6, 6.07) is 11.6. The SMILES string of the molecule is CC(C)(C)CNc1cccc(-c2cnn3ccc(C#N)cc23)n1. The minimum atomic E-state index is 0.184. The van der Waals surface area contributed by atoms with Gasteiger partial charge in [0, 0.05) is 18.3 Å². The molecule has 0 spiro atoms. The number of rotatable bonds is 3. The van der Waals surface area contributed by atoms with Crippen LogP contribution in [0.2, 0.25) is 0 Å². The predicted octanol–water partition coefficient (Wildman–Crippen LogP) is 3.73. The molecular formula is C18H19N5. The molecule has 3 rings (SSSR count). The fourth-order valence-corrected chi connectivity index (χ4v) is 2.29. The van der Waals surface area contributed by atoms with Crippen LogP contribution in [0.3, 0.4) is 0 Å². The van der Waals surface area contributed by atoms with Crippen molar-refractivity contribution < 1.29 is 0 Å². The van der Waals surface area contributed by atoms with E-state index in [0.717, 1.165) is 29.1 Å². The first-order valence-electron chi connectivity index (χ1n) is 7.55. The molecule has 0 aliphatic rings. The molecule has 3 aromatic heterocycles. The minimum absolute atomic E-state index is 0.184. The van der Waals surface area contributed by atoms with Crippen LogP contribution in [0.4, 0.5) is 5.82 Å². The third kappa shape index (κ3) is 3.32. The van der Waals surface area contributed by atoms with Gasteiger partial charge in [-0.25, -0.2) is 9.50 Å². The average molecular weight is 305 g/mol. The van der Waals surface area contributed by atoms with Crippen molar-refractivity contribution in [1.29, 1.82) is 5.26 Å². The summed E-state index contributed by atoms with van der Waals surface area (Å²) in [6.07, 6.45) is 3.57. The minimum Gasteiger partial charge on any atom is -0.370 e. The van der Waals surface area contributed by atoms with Crippen molar-refractivity contribution in [1.82, 2.24) is 14.6 Å². The molecule has 3 aromatic rings. The molecule has 0 saturated heterocycles. The van der Waals surface area contributed by atoms with E-state index in [-0.39, 0.29) is 5.41 Å². The maximum atomic E-state index is 9.08. The third-order valence-electron chi connectivity index (χ3n) is 3.48. The van der Waals surface area contributed by atoms with E-state index in [9.17, 15) is 0 Å². The molecule has 0 aromatic carbocycles. The van der Waals surface area contributed by atoms with E-state index >= 15 is 0 Å². The Morgan fingerprint density at radius 2 is 2.09 bits per heavy atom. The molecule has 0 bridgehead atoms. The third-order valence-corrected chi connectivity index (χ3v) is 3.48. The first-order valence-corrected chi connectivity index (χ1v) is 7.55. The van der Waals surface area contributed by atoms with E-state index in [0.29, 0.717) is 5.56 Å². The van der Waals surface area contributed by atoms with E-state index in [1.54, 1.807) is 23.0 Å². The van der Waals surface area contributed by atoms with Gasteiger partial charge in [-0.1, -0.05) is 26.8 Å². The van der Waals surface area contributed by atoms with Crippen LogP contribution < -0.4 is 5.32 Å². The summed E-state index contributed by atoms with van der Waals surface area (Å²) in [4.78, 5) is 4.68. The van der Waals surface area contributed by atoms with Gasteiger partial charge in [0.25, 0.3) is 0 Å². The largest absolute Gasteiger partial charge is 0.370 e. The molecule has 0 atom stereocenters. The van der Waals surface area contributed by atoms with Crippen molar-refractivity contribution in [2.24, 2.45) is 5.41 Å². The zero-order valence-electron chi connectivity index (χ0n) is 13.5. The lowest BCUT2D eigenvalue weighted by atomic mass is 9.97. The van der Waals surface area contributed by atoms with Gasteiger partial charge in [-0.3, -0.25) is 0 Å². The molecule has 3 heterocycles. The fourth-order valence-electron chi connectivity index (χ4n) is 2.29. The molecule has 5 nitrogen and oxygen atoms in total. The van der Waals surface area contributed by atoms with Crippen LogP contribution in [0.5, 0.6) is 0 Å². The molecule has 116 valence electrons. The standard InChI is InChI=1S/C18H19N5/c1-18(2,3)12-20-17-6-4-5-15(22-17)14-11-21-23-8-7-13(10-19)9-16(14)23/h4-9,11H,12H2,1-3H3,(H,20,22). The zero-order chi connectivity index (χ0) is 16.4. The summed E-state index contributed by atoms with van der Waals surface area (Å²) in [7, 11) is 0. The van der Waals surface area contributed by atoms with E-state index < -0.39 is 0 Å². The Kier molecular flexibility index (Phi) is 3.75. The molecule has 0 aliphatic heterocycles. The molecule has 5 heteroatoms. The number of fused-ring (bicyclic) bond motifs is 1. The quantitative estimate of drug-likeness (QED) is 0.800. The summed E-state index contributed by atoms with van der Waals surface area (Å²) in [5.41, 5.74) is 3.44. The Balaban J connectivity index is 1.97. The first-order chi connectivity index (χ1) is 11.0. The second-order valence-corrected chi connectivity index (χ2v) is 6.74. The number of pyridine rings is 2. The summed E-state index contributed by atoms with van der Waals surface area (Å²) >= 11 is 0. The Morgan fingerprint density at radius 3 is 2.83 bits per heavy atom. The van der Waals surface area contributed by atoms with Gasteiger partial charge >= 0.3 is 0 Å². The van der Waals surface area contributed by atoms with E-state index in [4.69, 9.17) is 5.26 Å².